The lowest BCUT2D eigenvalue weighted by Crippen LogP contribution is -2.58. The van der Waals surface area contributed by atoms with Crippen molar-refractivity contribution in [2.24, 2.45) is 5.92 Å². The molecule has 1 unspecified atom stereocenters. The van der Waals surface area contributed by atoms with Crippen LogP contribution in [0.5, 0.6) is 5.75 Å². The number of benzene rings is 1. The normalized spacial score (nSPS) is 19.7. The number of hydrogen-bond acceptors (Lipinski definition) is 3. The Morgan fingerprint density at radius 3 is 2.86 bits per heavy atom. The fourth-order valence-electron chi connectivity index (χ4n) is 2.57. The molecule has 1 saturated heterocycles. The average molecular weight is 331 g/mol. The van der Waals surface area contributed by atoms with Gasteiger partial charge in [0.2, 0.25) is 5.91 Å². The van der Waals surface area contributed by atoms with E-state index < -0.39 is 0 Å². The molecule has 1 N–H and O–H groups in total. The van der Waals surface area contributed by atoms with Crippen LogP contribution in [-0.4, -0.2) is 43.1 Å². The first kappa shape index (κ1) is 16.4. The molecule has 1 aromatic carbocycles. The average Bonchev–Trinajstić information content (AvgIpc) is 2.41. The quantitative estimate of drug-likeness (QED) is 0.902. The van der Waals surface area contributed by atoms with E-state index in [0.29, 0.717) is 35.5 Å². The first-order chi connectivity index (χ1) is 9.99. The summed E-state index contributed by atoms with van der Waals surface area (Å²) < 4.78 is 5.69. The lowest BCUT2D eigenvalue weighted by molar-refractivity contribution is -0.130. The fraction of sp³-hybridized carbons (Fsp3) is 0.533. The first-order valence-electron chi connectivity index (χ1n) is 7.08. The Morgan fingerprint density at radius 2 is 2.19 bits per heavy atom. The minimum Gasteiger partial charge on any atom is -0.491 e. The van der Waals surface area contributed by atoms with Crippen molar-refractivity contribution in [1.29, 1.82) is 0 Å². The molecule has 1 fully saturated rings. The molecule has 21 heavy (non-hydrogen) atoms. The number of rotatable bonds is 5. The molecule has 1 aliphatic rings. The van der Waals surface area contributed by atoms with E-state index in [9.17, 15) is 4.79 Å². The first-order valence-corrected chi connectivity index (χ1v) is 7.84. The van der Waals surface area contributed by atoms with Gasteiger partial charge >= 0.3 is 0 Å². The summed E-state index contributed by atoms with van der Waals surface area (Å²) in [4.78, 5) is 14.1. The number of ether oxygens (including phenoxy) is 1. The highest BCUT2D eigenvalue weighted by Crippen LogP contribution is 2.27. The minimum absolute atomic E-state index is 0.0944. The van der Waals surface area contributed by atoms with Crippen LogP contribution in [0, 0.1) is 5.92 Å². The lowest BCUT2D eigenvalue weighted by atomic mass is 10.00. The molecule has 0 aliphatic carbocycles. The zero-order valence-electron chi connectivity index (χ0n) is 12.2. The summed E-state index contributed by atoms with van der Waals surface area (Å²) in [6.07, 6.45) is 0. The molecule has 1 aromatic rings. The van der Waals surface area contributed by atoms with Gasteiger partial charge in [-0.1, -0.05) is 37.0 Å². The van der Waals surface area contributed by atoms with E-state index in [0.717, 1.165) is 6.54 Å². The highest BCUT2D eigenvalue weighted by Gasteiger charge is 2.31. The van der Waals surface area contributed by atoms with Crippen molar-refractivity contribution in [3.63, 3.8) is 0 Å². The van der Waals surface area contributed by atoms with Gasteiger partial charge in [-0.15, -0.1) is 0 Å². The van der Waals surface area contributed by atoms with Gasteiger partial charge in [0.1, 0.15) is 12.4 Å². The Bertz CT molecular complexity index is 508. The Morgan fingerprint density at radius 1 is 1.43 bits per heavy atom. The standard InChI is InChI=1S/C15H20Cl2N2O2/c1-10(2)14-15(20)18-5-6-19(14)7-8-21-13-4-3-11(16)9-12(13)17/h3-4,9-10,14H,5-8H2,1-2H3,(H,18,20). The van der Waals surface area contributed by atoms with Gasteiger partial charge in [-0.25, -0.2) is 0 Å². The summed E-state index contributed by atoms with van der Waals surface area (Å²) in [6, 6.07) is 5.06. The molecule has 1 amide bonds. The van der Waals surface area contributed by atoms with Crippen LogP contribution >= 0.6 is 23.2 Å². The Balaban J connectivity index is 1.91. The molecule has 0 bridgehead atoms. The van der Waals surface area contributed by atoms with Crippen molar-refractivity contribution < 1.29 is 9.53 Å². The molecule has 1 atom stereocenters. The topological polar surface area (TPSA) is 41.6 Å². The van der Waals surface area contributed by atoms with Crippen LogP contribution in [0.25, 0.3) is 0 Å². The molecule has 0 radical (unpaired) electrons. The molecule has 4 nitrogen and oxygen atoms in total. The Kier molecular flexibility index (Phi) is 5.73. The van der Waals surface area contributed by atoms with E-state index in [1.165, 1.54) is 0 Å². The third-order valence-electron chi connectivity index (χ3n) is 3.52. The van der Waals surface area contributed by atoms with E-state index in [2.05, 4.69) is 24.1 Å². The van der Waals surface area contributed by atoms with Crippen LogP contribution < -0.4 is 10.1 Å². The predicted molar refractivity (Wildman–Crippen MR) is 85.2 cm³/mol. The third kappa shape index (κ3) is 4.25. The van der Waals surface area contributed by atoms with Crippen LogP contribution in [0.3, 0.4) is 0 Å². The highest BCUT2D eigenvalue weighted by molar-refractivity contribution is 6.35. The van der Waals surface area contributed by atoms with Crippen molar-refractivity contribution in [2.45, 2.75) is 19.9 Å². The molecular weight excluding hydrogens is 311 g/mol. The molecule has 2 rings (SSSR count). The van der Waals surface area contributed by atoms with Crippen LogP contribution in [0.1, 0.15) is 13.8 Å². The number of amides is 1. The summed E-state index contributed by atoms with van der Waals surface area (Å²) in [5.74, 6) is 0.980. The maximum atomic E-state index is 11.9. The van der Waals surface area contributed by atoms with Crippen molar-refractivity contribution in [1.82, 2.24) is 10.2 Å². The second kappa shape index (κ2) is 7.34. The van der Waals surface area contributed by atoms with Gasteiger partial charge < -0.3 is 10.1 Å². The number of carbonyl (C=O) groups excluding carboxylic acids is 1. The molecule has 6 heteroatoms. The summed E-state index contributed by atoms with van der Waals surface area (Å²) in [6.45, 7) is 6.81. The van der Waals surface area contributed by atoms with Gasteiger partial charge in [-0.3, -0.25) is 9.69 Å². The number of halogens is 2. The number of carbonyl (C=O) groups is 1. The second-order valence-electron chi connectivity index (χ2n) is 5.44. The molecular formula is C15H20Cl2N2O2. The van der Waals surface area contributed by atoms with E-state index in [1.54, 1.807) is 18.2 Å². The van der Waals surface area contributed by atoms with Crippen molar-refractivity contribution in [2.75, 3.05) is 26.2 Å². The summed E-state index contributed by atoms with van der Waals surface area (Å²) in [5.41, 5.74) is 0. The summed E-state index contributed by atoms with van der Waals surface area (Å²) >= 11 is 11.9. The number of nitrogens with zero attached hydrogens (tertiary/aromatic N) is 1. The van der Waals surface area contributed by atoms with Crippen LogP contribution in [0.4, 0.5) is 0 Å². The third-order valence-corrected chi connectivity index (χ3v) is 4.05. The van der Waals surface area contributed by atoms with E-state index in [-0.39, 0.29) is 17.9 Å². The maximum absolute atomic E-state index is 11.9. The second-order valence-corrected chi connectivity index (χ2v) is 6.28. The molecule has 0 spiro atoms. The lowest BCUT2D eigenvalue weighted by Gasteiger charge is -2.37. The summed E-state index contributed by atoms with van der Waals surface area (Å²) in [7, 11) is 0. The SMILES string of the molecule is CC(C)C1C(=O)NCCN1CCOc1ccc(Cl)cc1Cl. The van der Waals surface area contributed by atoms with Gasteiger partial charge in [0.15, 0.2) is 0 Å². The monoisotopic (exact) mass is 330 g/mol. The van der Waals surface area contributed by atoms with Crippen molar-refractivity contribution in [3.05, 3.63) is 28.2 Å². The Labute approximate surface area is 135 Å². The zero-order chi connectivity index (χ0) is 15.4. The largest absolute Gasteiger partial charge is 0.491 e. The highest BCUT2D eigenvalue weighted by atomic mass is 35.5. The van der Waals surface area contributed by atoms with E-state index in [1.807, 2.05) is 0 Å². The smallest absolute Gasteiger partial charge is 0.237 e. The predicted octanol–water partition coefficient (Wildman–Crippen LogP) is 2.83. The molecule has 0 saturated carbocycles. The molecule has 0 aromatic heterocycles. The number of piperazine rings is 1. The van der Waals surface area contributed by atoms with Crippen molar-refractivity contribution in [3.8, 4) is 5.75 Å². The maximum Gasteiger partial charge on any atom is 0.237 e. The van der Waals surface area contributed by atoms with Crippen LogP contribution in [-0.2, 0) is 4.79 Å². The number of nitrogens with one attached hydrogen (secondary N) is 1. The minimum atomic E-state index is -0.0944. The van der Waals surface area contributed by atoms with Gasteiger partial charge in [-0.05, 0) is 24.1 Å². The van der Waals surface area contributed by atoms with Gasteiger partial charge in [0.25, 0.3) is 0 Å². The van der Waals surface area contributed by atoms with E-state index in [4.69, 9.17) is 27.9 Å². The Hall–Kier alpha value is -0.970. The van der Waals surface area contributed by atoms with Gasteiger partial charge in [-0.2, -0.15) is 0 Å². The molecule has 1 heterocycles. The molecule has 1 aliphatic heterocycles. The van der Waals surface area contributed by atoms with Crippen molar-refractivity contribution >= 4 is 29.1 Å². The fourth-order valence-corrected chi connectivity index (χ4v) is 3.04. The zero-order valence-corrected chi connectivity index (χ0v) is 13.7. The van der Waals surface area contributed by atoms with E-state index >= 15 is 0 Å². The van der Waals surface area contributed by atoms with Gasteiger partial charge in [0, 0.05) is 24.7 Å². The number of hydrogen-bond donors (Lipinski definition) is 1. The molecule has 116 valence electrons. The van der Waals surface area contributed by atoms with Crippen LogP contribution in [0.15, 0.2) is 18.2 Å². The summed E-state index contributed by atoms with van der Waals surface area (Å²) in [5, 5.41) is 3.99. The van der Waals surface area contributed by atoms with Crippen LogP contribution in [0.2, 0.25) is 10.0 Å². The van der Waals surface area contributed by atoms with Gasteiger partial charge in [0.05, 0.1) is 11.1 Å².